The summed E-state index contributed by atoms with van der Waals surface area (Å²) in [7, 11) is 0. The molecule has 0 bridgehead atoms. The van der Waals surface area contributed by atoms with Crippen LogP contribution < -0.4 is 16.0 Å². The Bertz CT molecular complexity index is 1100. The van der Waals surface area contributed by atoms with Gasteiger partial charge in [-0.2, -0.15) is 0 Å². The standard InChI is InChI=1S/C21H17BrClN3O3S/c1-2-19(27)24-14-7-8-15(23)16(11-14)25-21(30)26-20(28)18-10-9-17(29-18)12-3-5-13(22)6-4-12/h3-11H,2H2,1H3,(H,24,27)(H2,25,26,28,30). The summed E-state index contributed by atoms with van der Waals surface area (Å²) in [5.41, 5.74) is 1.86. The molecular weight excluding hydrogens is 490 g/mol. The summed E-state index contributed by atoms with van der Waals surface area (Å²) in [6.45, 7) is 1.76. The van der Waals surface area contributed by atoms with Gasteiger partial charge in [0, 0.05) is 22.1 Å². The highest BCUT2D eigenvalue weighted by Crippen LogP contribution is 2.26. The van der Waals surface area contributed by atoms with Crippen LogP contribution in [0, 0.1) is 0 Å². The lowest BCUT2D eigenvalue weighted by molar-refractivity contribution is -0.115. The molecule has 30 heavy (non-hydrogen) atoms. The van der Waals surface area contributed by atoms with Crippen LogP contribution in [-0.2, 0) is 4.79 Å². The largest absolute Gasteiger partial charge is 0.451 e. The van der Waals surface area contributed by atoms with Gasteiger partial charge in [-0.05, 0) is 54.7 Å². The van der Waals surface area contributed by atoms with Crippen molar-refractivity contribution in [2.75, 3.05) is 10.6 Å². The van der Waals surface area contributed by atoms with Crippen molar-refractivity contribution >= 4 is 68.1 Å². The smallest absolute Gasteiger partial charge is 0.293 e. The molecule has 9 heteroatoms. The Morgan fingerprint density at radius 1 is 1.07 bits per heavy atom. The summed E-state index contributed by atoms with van der Waals surface area (Å²) in [5.74, 6) is 0.0574. The van der Waals surface area contributed by atoms with Crippen molar-refractivity contribution in [1.29, 1.82) is 0 Å². The molecule has 0 atom stereocenters. The van der Waals surface area contributed by atoms with E-state index in [4.69, 9.17) is 28.2 Å². The highest BCUT2D eigenvalue weighted by Gasteiger charge is 2.15. The Labute approximate surface area is 192 Å². The number of thiocarbonyl (C=S) groups is 1. The first-order valence-corrected chi connectivity index (χ1v) is 10.5. The Morgan fingerprint density at radius 2 is 1.80 bits per heavy atom. The highest BCUT2D eigenvalue weighted by molar-refractivity contribution is 9.10. The Hall–Kier alpha value is -2.68. The molecule has 0 saturated carbocycles. The second-order valence-electron chi connectivity index (χ2n) is 6.18. The van der Waals surface area contributed by atoms with E-state index in [1.807, 2.05) is 24.3 Å². The zero-order valence-electron chi connectivity index (χ0n) is 15.8. The molecule has 6 nitrogen and oxygen atoms in total. The molecule has 2 amide bonds. The Morgan fingerprint density at radius 3 is 2.50 bits per heavy atom. The first-order valence-electron chi connectivity index (χ1n) is 8.93. The summed E-state index contributed by atoms with van der Waals surface area (Å²) in [4.78, 5) is 24.0. The van der Waals surface area contributed by atoms with Crippen molar-refractivity contribution in [3.8, 4) is 11.3 Å². The molecule has 0 aliphatic carbocycles. The number of nitrogens with one attached hydrogen (secondary N) is 3. The number of anilines is 2. The lowest BCUT2D eigenvalue weighted by Crippen LogP contribution is -2.34. The molecule has 1 heterocycles. The van der Waals surface area contributed by atoms with Gasteiger partial charge < -0.3 is 15.1 Å². The number of carbonyl (C=O) groups excluding carboxylic acids is 2. The SMILES string of the molecule is CCC(=O)Nc1ccc(Cl)c(NC(=S)NC(=O)c2ccc(-c3ccc(Br)cc3)o2)c1. The van der Waals surface area contributed by atoms with E-state index in [2.05, 4.69) is 31.9 Å². The maximum Gasteiger partial charge on any atom is 0.293 e. The molecule has 0 aliphatic rings. The van der Waals surface area contributed by atoms with Gasteiger partial charge in [0.15, 0.2) is 10.9 Å². The van der Waals surface area contributed by atoms with Crippen molar-refractivity contribution in [3.63, 3.8) is 0 Å². The minimum absolute atomic E-state index is 0.0439. The van der Waals surface area contributed by atoms with E-state index in [0.717, 1.165) is 10.0 Å². The lowest BCUT2D eigenvalue weighted by atomic mass is 10.2. The van der Waals surface area contributed by atoms with E-state index < -0.39 is 5.91 Å². The van der Waals surface area contributed by atoms with Crippen molar-refractivity contribution in [2.45, 2.75) is 13.3 Å². The highest BCUT2D eigenvalue weighted by atomic mass is 79.9. The van der Waals surface area contributed by atoms with Crippen LogP contribution >= 0.6 is 39.7 Å². The summed E-state index contributed by atoms with van der Waals surface area (Å²) in [6.07, 6.45) is 0.352. The number of hydrogen-bond acceptors (Lipinski definition) is 4. The van der Waals surface area contributed by atoms with Crippen LogP contribution in [0.3, 0.4) is 0 Å². The van der Waals surface area contributed by atoms with E-state index in [-0.39, 0.29) is 16.8 Å². The van der Waals surface area contributed by atoms with Crippen LogP contribution in [0.2, 0.25) is 5.02 Å². The number of halogens is 2. The minimum Gasteiger partial charge on any atom is -0.451 e. The third kappa shape index (κ3) is 5.69. The molecule has 0 spiro atoms. The van der Waals surface area contributed by atoms with Crippen molar-refractivity contribution < 1.29 is 14.0 Å². The van der Waals surface area contributed by atoms with E-state index in [1.165, 1.54) is 0 Å². The summed E-state index contributed by atoms with van der Waals surface area (Å²) in [5, 5.41) is 8.57. The van der Waals surface area contributed by atoms with Gasteiger partial charge >= 0.3 is 0 Å². The number of hydrogen-bond donors (Lipinski definition) is 3. The normalized spacial score (nSPS) is 10.4. The van der Waals surface area contributed by atoms with Crippen LogP contribution in [0.25, 0.3) is 11.3 Å². The minimum atomic E-state index is -0.498. The second-order valence-corrected chi connectivity index (χ2v) is 7.91. The van der Waals surface area contributed by atoms with Crippen molar-refractivity contribution in [1.82, 2.24) is 5.32 Å². The van der Waals surface area contributed by atoms with Crippen LogP contribution in [0.5, 0.6) is 0 Å². The number of rotatable bonds is 5. The maximum atomic E-state index is 12.5. The molecule has 3 rings (SSSR count). The predicted molar refractivity (Wildman–Crippen MR) is 126 cm³/mol. The number of furan rings is 1. The molecule has 0 aliphatic heterocycles. The zero-order valence-corrected chi connectivity index (χ0v) is 19.0. The molecule has 3 aromatic rings. The molecule has 0 radical (unpaired) electrons. The average Bonchev–Trinajstić information content (AvgIpc) is 3.21. The van der Waals surface area contributed by atoms with Gasteiger partial charge in [-0.25, -0.2) is 0 Å². The van der Waals surface area contributed by atoms with Gasteiger partial charge in [0.2, 0.25) is 5.91 Å². The topological polar surface area (TPSA) is 83.4 Å². The van der Waals surface area contributed by atoms with Crippen molar-refractivity contribution in [2.24, 2.45) is 0 Å². The van der Waals surface area contributed by atoms with Crippen LogP contribution in [0.4, 0.5) is 11.4 Å². The molecule has 0 saturated heterocycles. The Kier molecular flexibility index (Phi) is 7.25. The molecular formula is C21H17BrClN3O3S. The Balaban J connectivity index is 1.65. The van der Waals surface area contributed by atoms with Gasteiger partial charge in [-0.1, -0.05) is 46.6 Å². The molecule has 2 aromatic carbocycles. The van der Waals surface area contributed by atoms with Gasteiger partial charge in [0.25, 0.3) is 5.91 Å². The third-order valence-electron chi connectivity index (χ3n) is 4.01. The van der Waals surface area contributed by atoms with E-state index in [1.54, 1.807) is 37.3 Å². The van der Waals surface area contributed by atoms with E-state index >= 15 is 0 Å². The first kappa shape index (κ1) is 22.0. The fourth-order valence-corrected chi connectivity index (χ4v) is 3.13. The van der Waals surface area contributed by atoms with Gasteiger partial charge in [0.05, 0.1) is 10.7 Å². The van der Waals surface area contributed by atoms with E-state index in [9.17, 15) is 9.59 Å². The molecule has 154 valence electrons. The van der Waals surface area contributed by atoms with Gasteiger partial charge in [-0.3, -0.25) is 14.9 Å². The molecule has 1 aromatic heterocycles. The monoisotopic (exact) mass is 505 g/mol. The number of benzene rings is 2. The average molecular weight is 507 g/mol. The fraction of sp³-hybridized carbons (Fsp3) is 0.0952. The van der Waals surface area contributed by atoms with Crippen LogP contribution in [0.1, 0.15) is 23.9 Å². The van der Waals surface area contributed by atoms with Crippen LogP contribution in [0.15, 0.2) is 63.5 Å². The quantitative estimate of drug-likeness (QED) is 0.379. The van der Waals surface area contributed by atoms with Crippen LogP contribution in [-0.4, -0.2) is 16.9 Å². The maximum absolute atomic E-state index is 12.5. The summed E-state index contributed by atoms with van der Waals surface area (Å²) < 4.78 is 6.58. The summed E-state index contributed by atoms with van der Waals surface area (Å²) >= 11 is 14.8. The molecule has 3 N–H and O–H groups in total. The van der Waals surface area contributed by atoms with Crippen molar-refractivity contribution in [3.05, 3.63) is 69.9 Å². The molecule has 0 unspecified atom stereocenters. The van der Waals surface area contributed by atoms with Gasteiger partial charge in [0.1, 0.15) is 5.76 Å². The molecule has 0 fully saturated rings. The second kappa shape index (κ2) is 9.88. The fourth-order valence-electron chi connectivity index (χ4n) is 2.50. The van der Waals surface area contributed by atoms with E-state index in [0.29, 0.717) is 28.6 Å². The predicted octanol–water partition coefficient (Wildman–Crippen LogP) is 5.84. The first-order chi connectivity index (χ1) is 14.4. The summed E-state index contributed by atoms with van der Waals surface area (Å²) in [6, 6.07) is 15.7. The zero-order chi connectivity index (χ0) is 21.7. The number of amides is 2. The van der Waals surface area contributed by atoms with Gasteiger partial charge in [-0.15, -0.1) is 0 Å². The third-order valence-corrected chi connectivity index (χ3v) is 5.07. The lowest BCUT2D eigenvalue weighted by Gasteiger charge is -2.12. The number of carbonyl (C=O) groups is 2.